The minimum atomic E-state index is -0.422. The zero-order chi connectivity index (χ0) is 11.5. The highest BCUT2D eigenvalue weighted by Gasteiger charge is 2.09. The molecule has 2 rings (SSSR count). The van der Waals surface area contributed by atoms with Crippen molar-refractivity contribution >= 4 is 5.88 Å². The Hall–Kier alpha value is -2.04. The first-order chi connectivity index (χ1) is 7.74. The van der Waals surface area contributed by atoms with Gasteiger partial charge in [-0.1, -0.05) is 5.16 Å². The van der Waals surface area contributed by atoms with Gasteiger partial charge in [0.25, 0.3) is 0 Å². The van der Waals surface area contributed by atoms with Crippen molar-refractivity contribution in [3.05, 3.63) is 30.1 Å². The van der Waals surface area contributed by atoms with Crippen molar-refractivity contribution in [2.45, 2.75) is 0 Å². The standard InChI is InChI=1S/C11H11FN2O2/c1-13-11-6-9(14-16-11)7-3-4-10(15-2)8(12)5-7/h3-6,13H,1-2H3. The van der Waals surface area contributed by atoms with Crippen molar-refractivity contribution in [1.29, 1.82) is 0 Å². The van der Waals surface area contributed by atoms with Crippen LogP contribution in [-0.4, -0.2) is 19.3 Å². The Morgan fingerprint density at radius 1 is 1.38 bits per heavy atom. The van der Waals surface area contributed by atoms with Crippen LogP contribution in [0.15, 0.2) is 28.8 Å². The van der Waals surface area contributed by atoms with Gasteiger partial charge in [0.05, 0.1) is 7.11 Å². The van der Waals surface area contributed by atoms with E-state index in [0.717, 1.165) is 0 Å². The number of rotatable bonds is 3. The molecule has 1 aromatic carbocycles. The van der Waals surface area contributed by atoms with E-state index >= 15 is 0 Å². The third-order valence-electron chi connectivity index (χ3n) is 2.20. The molecule has 0 amide bonds. The van der Waals surface area contributed by atoms with E-state index in [4.69, 9.17) is 9.26 Å². The largest absolute Gasteiger partial charge is 0.494 e. The quantitative estimate of drug-likeness (QED) is 0.866. The molecule has 0 aliphatic rings. The normalized spacial score (nSPS) is 10.2. The van der Waals surface area contributed by atoms with E-state index in [1.165, 1.54) is 13.2 Å². The van der Waals surface area contributed by atoms with Gasteiger partial charge in [-0.05, 0) is 18.2 Å². The van der Waals surface area contributed by atoms with Crippen LogP contribution >= 0.6 is 0 Å². The van der Waals surface area contributed by atoms with Crippen molar-refractivity contribution in [3.8, 4) is 17.0 Å². The average molecular weight is 222 g/mol. The molecular weight excluding hydrogens is 211 g/mol. The second-order valence-corrected chi connectivity index (χ2v) is 3.18. The minimum absolute atomic E-state index is 0.209. The Balaban J connectivity index is 2.37. The lowest BCUT2D eigenvalue weighted by atomic mass is 10.1. The van der Waals surface area contributed by atoms with Gasteiger partial charge in [0.15, 0.2) is 11.6 Å². The molecule has 2 aromatic rings. The molecule has 0 fully saturated rings. The number of hydrogen-bond donors (Lipinski definition) is 1. The van der Waals surface area contributed by atoms with Crippen LogP contribution in [0.1, 0.15) is 0 Å². The van der Waals surface area contributed by atoms with Crippen LogP contribution in [0.3, 0.4) is 0 Å². The van der Waals surface area contributed by atoms with Crippen LogP contribution in [0.2, 0.25) is 0 Å². The molecule has 0 aliphatic heterocycles. The van der Waals surface area contributed by atoms with Gasteiger partial charge in [-0.15, -0.1) is 0 Å². The lowest BCUT2D eigenvalue weighted by molar-refractivity contribution is 0.386. The average Bonchev–Trinajstić information content (AvgIpc) is 2.77. The lowest BCUT2D eigenvalue weighted by Crippen LogP contribution is -1.88. The number of nitrogens with one attached hydrogen (secondary N) is 1. The molecule has 16 heavy (non-hydrogen) atoms. The van der Waals surface area contributed by atoms with Gasteiger partial charge in [0.2, 0.25) is 5.88 Å². The molecule has 1 N–H and O–H groups in total. The molecule has 0 spiro atoms. The molecule has 0 atom stereocenters. The maximum Gasteiger partial charge on any atom is 0.225 e. The molecule has 0 unspecified atom stereocenters. The molecule has 1 aromatic heterocycles. The van der Waals surface area contributed by atoms with E-state index in [2.05, 4.69) is 10.5 Å². The summed E-state index contributed by atoms with van der Waals surface area (Å²) in [7, 11) is 3.15. The van der Waals surface area contributed by atoms with Gasteiger partial charge >= 0.3 is 0 Å². The predicted molar refractivity (Wildman–Crippen MR) is 58.0 cm³/mol. The number of nitrogens with zero attached hydrogens (tertiary/aromatic N) is 1. The smallest absolute Gasteiger partial charge is 0.225 e. The van der Waals surface area contributed by atoms with E-state index in [9.17, 15) is 4.39 Å². The van der Waals surface area contributed by atoms with E-state index in [1.807, 2.05) is 0 Å². The number of hydrogen-bond acceptors (Lipinski definition) is 4. The molecule has 84 valence electrons. The summed E-state index contributed by atoms with van der Waals surface area (Å²) in [5, 5.41) is 6.62. The lowest BCUT2D eigenvalue weighted by Gasteiger charge is -2.02. The van der Waals surface area contributed by atoms with Crippen molar-refractivity contribution in [1.82, 2.24) is 5.16 Å². The molecule has 5 heteroatoms. The highest BCUT2D eigenvalue weighted by molar-refractivity contribution is 5.62. The first kappa shape index (κ1) is 10.5. The van der Waals surface area contributed by atoms with Gasteiger partial charge in [-0.3, -0.25) is 0 Å². The topological polar surface area (TPSA) is 47.3 Å². The maximum absolute atomic E-state index is 13.4. The Bertz CT molecular complexity index is 496. The maximum atomic E-state index is 13.4. The molecule has 4 nitrogen and oxygen atoms in total. The summed E-state index contributed by atoms with van der Waals surface area (Å²) in [6, 6.07) is 6.33. The molecule has 0 bridgehead atoms. The third kappa shape index (κ3) is 1.84. The number of methoxy groups -OCH3 is 1. The summed E-state index contributed by atoms with van der Waals surface area (Å²) in [6.45, 7) is 0. The number of ether oxygens (including phenoxy) is 1. The summed E-state index contributed by atoms with van der Waals surface area (Å²) < 4.78 is 23.2. The zero-order valence-electron chi connectivity index (χ0n) is 8.95. The van der Waals surface area contributed by atoms with Crippen LogP contribution in [0, 0.1) is 5.82 Å². The summed E-state index contributed by atoms with van der Waals surface area (Å²) in [5.41, 5.74) is 1.22. The van der Waals surface area contributed by atoms with Gasteiger partial charge in [-0.25, -0.2) is 4.39 Å². The van der Waals surface area contributed by atoms with Crippen LogP contribution in [0.25, 0.3) is 11.3 Å². The summed E-state index contributed by atoms with van der Waals surface area (Å²) >= 11 is 0. The van der Waals surface area contributed by atoms with E-state index in [1.54, 1.807) is 25.2 Å². The SMILES string of the molecule is CNc1cc(-c2ccc(OC)c(F)c2)no1. The highest BCUT2D eigenvalue weighted by atomic mass is 19.1. The number of aromatic nitrogens is 1. The van der Waals surface area contributed by atoms with E-state index < -0.39 is 5.82 Å². The molecule has 1 heterocycles. The van der Waals surface area contributed by atoms with Crippen LogP contribution in [-0.2, 0) is 0 Å². The van der Waals surface area contributed by atoms with Crippen LogP contribution < -0.4 is 10.1 Å². The molecule has 0 aliphatic carbocycles. The van der Waals surface area contributed by atoms with Crippen molar-refractivity contribution < 1.29 is 13.7 Å². The predicted octanol–water partition coefficient (Wildman–Crippen LogP) is 2.53. The Morgan fingerprint density at radius 3 is 2.75 bits per heavy atom. The fourth-order valence-electron chi connectivity index (χ4n) is 1.35. The Morgan fingerprint density at radius 2 is 2.19 bits per heavy atom. The summed E-state index contributed by atoms with van der Waals surface area (Å²) in [4.78, 5) is 0. The van der Waals surface area contributed by atoms with E-state index in [-0.39, 0.29) is 5.75 Å². The zero-order valence-corrected chi connectivity index (χ0v) is 8.95. The van der Waals surface area contributed by atoms with Crippen molar-refractivity contribution in [3.63, 3.8) is 0 Å². The second kappa shape index (κ2) is 4.22. The van der Waals surface area contributed by atoms with Gasteiger partial charge in [0.1, 0.15) is 5.69 Å². The first-order valence-electron chi connectivity index (χ1n) is 4.73. The Labute approximate surface area is 92.0 Å². The molecule has 0 radical (unpaired) electrons. The molecular formula is C11H11FN2O2. The fraction of sp³-hybridized carbons (Fsp3) is 0.182. The second-order valence-electron chi connectivity index (χ2n) is 3.18. The van der Waals surface area contributed by atoms with Crippen molar-refractivity contribution in [2.24, 2.45) is 0 Å². The van der Waals surface area contributed by atoms with Crippen LogP contribution in [0.4, 0.5) is 10.3 Å². The monoisotopic (exact) mass is 222 g/mol. The minimum Gasteiger partial charge on any atom is -0.494 e. The fourth-order valence-corrected chi connectivity index (χ4v) is 1.35. The number of benzene rings is 1. The third-order valence-corrected chi connectivity index (χ3v) is 2.20. The first-order valence-corrected chi connectivity index (χ1v) is 4.73. The summed E-state index contributed by atoms with van der Waals surface area (Å²) in [6.07, 6.45) is 0. The van der Waals surface area contributed by atoms with E-state index in [0.29, 0.717) is 17.1 Å². The highest BCUT2D eigenvalue weighted by Crippen LogP contribution is 2.26. The van der Waals surface area contributed by atoms with Crippen LogP contribution in [0.5, 0.6) is 5.75 Å². The van der Waals surface area contributed by atoms with Gasteiger partial charge in [-0.2, -0.15) is 0 Å². The Kier molecular flexibility index (Phi) is 2.76. The molecule has 0 saturated carbocycles. The van der Waals surface area contributed by atoms with Gasteiger partial charge in [0, 0.05) is 18.7 Å². The number of anilines is 1. The number of halogens is 1. The summed E-state index contributed by atoms with van der Waals surface area (Å²) in [5.74, 6) is 0.321. The van der Waals surface area contributed by atoms with Gasteiger partial charge < -0.3 is 14.6 Å². The molecule has 0 saturated heterocycles. The van der Waals surface area contributed by atoms with Crippen molar-refractivity contribution in [2.75, 3.05) is 19.5 Å².